The average molecular weight is 129 g/mol. The highest BCUT2D eigenvalue weighted by atomic mass is 32.2. The standard InChI is InChI=1S/C6H11NS/c1-4-5-7-6(2)8-3/h4-5H,1-3H3/b5-4?,7-6-. The van der Waals surface area contributed by atoms with Crippen LogP contribution in [-0.4, -0.2) is 11.3 Å². The molecule has 0 unspecified atom stereocenters. The van der Waals surface area contributed by atoms with E-state index in [0.29, 0.717) is 0 Å². The van der Waals surface area contributed by atoms with Crippen molar-refractivity contribution in [1.29, 1.82) is 0 Å². The smallest absolute Gasteiger partial charge is 0.0697 e. The molecule has 8 heavy (non-hydrogen) atoms. The lowest BCUT2D eigenvalue weighted by atomic mass is 10.7. The lowest BCUT2D eigenvalue weighted by Gasteiger charge is -1.85. The molecule has 0 rings (SSSR count). The van der Waals surface area contributed by atoms with Gasteiger partial charge in [0.05, 0.1) is 5.04 Å². The first-order valence-corrected chi connectivity index (χ1v) is 3.73. The molecule has 0 radical (unpaired) electrons. The van der Waals surface area contributed by atoms with E-state index in [1.807, 2.05) is 26.2 Å². The minimum absolute atomic E-state index is 1.10. The fourth-order valence-corrected chi connectivity index (χ4v) is 0.398. The summed E-state index contributed by atoms with van der Waals surface area (Å²) < 4.78 is 0. The molecule has 0 spiro atoms. The van der Waals surface area contributed by atoms with Crippen LogP contribution < -0.4 is 0 Å². The largest absolute Gasteiger partial charge is 0.255 e. The molecule has 0 heterocycles. The number of thioether (sulfide) groups is 1. The number of allylic oxidation sites excluding steroid dienone is 1. The Hall–Kier alpha value is -0.240. The van der Waals surface area contributed by atoms with Crippen molar-refractivity contribution in [1.82, 2.24) is 0 Å². The van der Waals surface area contributed by atoms with Crippen LogP contribution in [0.3, 0.4) is 0 Å². The molecule has 0 aromatic carbocycles. The molecular weight excluding hydrogens is 118 g/mol. The molecule has 0 fully saturated rings. The first-order chi connectivity index (χ1) is 3.81. The maximum atomic E-state index is 4.06. The van der Waals surface area contributed by atoms with Gasteiger partial charge in [0, 0.05) is 6.20 Å². The number of aliphatic imine (C=N–C) groups is 1. The average Bonchev–Trinajstić information content (AvgIpc) is 1.83. The van der Waals surface area contributed by atoms with Gasteiger partial charge >= 0.3 is 0 Å². The molecule has 0 aliphatic heterocycles. The van der Waals surface area contributed by atoms with E-state index < -0.39 is 0 Å². The van der Waals surface area contributed by atoms with E-state index in [0.717, 1.165) is 5.04 Å². The molecular formula is C6H11NS. The van der Waals surface area contributed by atoms with Gasteiger partial charge in [0.15, 0.2) is 0 Å². The molecule has 0 N–H and O–H groups in total. The van der Waals surface area contributed by atoms with Crippen LogP contribution in [0, 0.1) is 0 Å². The van der Waals surface area contributed by atoms with E-state index in [1.165, 1.54) is 0 Å². The normalized spacial score (nSPS) is 13.1. The lowest BCUT2D eigenvalue weighted by Crippen LogP contribution is -1.76. The summed E-state index contributed by atoms with van der Waals surface area (Å²) in [6.07, 6.45) is 5.73. The van der Waals surface area contributed by atoms with Crippen molar-refractivity contribution in [3.8, 4) is 0 Å². The fourth-order valence-electron chi connectivity index (χ4n) is 0.232. The van der Waals surface area contributed by atoms with Crippen molar-refractivity contribution in [2.75, 3.05) is 6.26 Å². The molecule has 0 aliphatic rings. The third-order valence-corrected chi connectivity index (χ3v) is 1.40. The van der Waals surface area contributed by atoms with E-state index in [9.17, 15) is 0 Å². The fraction of sp³-hybridized carbons (Fsp3) is 0.500. The number of hydrogen-bond donors (Lipinski definition) is 0. The van der Waals surface area contributed by atoms with Gasteiger partial charge in [-0.05, 0) is 20.1 Å². The summed E-state index contributed by atoms with van der Waals surface area (Å²) in [5, 5.41) is 1.10. The molecule has 46 valence electrons. The minimum atomic E-state index is 1.10. The molecule has 0 aromatic rings. The first-order valence-electron chi connectivity index (χ1n) is 2.50. The second-order valence-electron chi connectivity index (χ2n) is 1.33. The quantitative estimate of drug-likeness (QED) is 0.391. The number of rotatable bonds is 1. The molecule has 2 heteroatoms. The zero-order chi connectivity index (χ0) is 6.41. The van der Waals surface area contributed by atoms with Crippen molar-refractivity contribution < 1.29 is 0 Å². The second kappa shape index (κ2) is 4.91. The highest BCUT2D eigenvalue weighted by Crippen LogP contribution is 1.95. The van der Waals surface area contributed by atoms with Gasteiger partial charge in [0.25, 0.3) is 0 Å². The van der Waals surface area contributed by atoms with Crippen LogP contribution in [0.4, 0.5) is 0 Å². The van der Waals surface area contributed by atoms with Crippen LogP contribution in [0.5, 0.6) is 0 Å². The molecule has 0 bridgehead atoms. The second-order valence-corrected chi connectivity index (χ2v) is 2.33. The van der Waals surface area contributed by atoms with Crippen LogP contribution in [0.2, 0.25) is 0 Å². The Labute approximate surface area is 54.9 Å². The zero-order valence-corrected chi connectivity index (χ0v) is 6.33. The maximum absolute atomic E-state index is 4.06. The van der Waals surface area contributed by atoms with Crippen molar-refractivity contribution in [3.05, 3.63) is 12.3 Å². The Morgan fingerprint density at radius 2 is 2.25 bits per heavy atom. The Bertz CT molecular complexity index is 105. The summed E-state index contributed by atoms with van der Waals surface area (Å²) in [6, 6.07) is 0. The summed E-state index contributed by atoms with van der Waals surface area (Å²) in [4.78, 5) is 4.06. The Morgan fingerprint density at radius 1 is 1.62 bits per heavy atom. The van der Waals surface area contributed by atoms with Gasteiger partial charge in [0.2, 0.25) is 0 Å². The molecule has 0 saturated carbocycles. The van der Waals surface area contributed by atoms with Crippen LogP contribution in [0.15, 0.2) is 17.3 Å². The van der Waals surface area contributed by atoms with Gasteiger partial charge in [-0.25, -0.2) is 0 Å². The van der Waals surface area contributed by atoms with Crippen molar-refractivity contribution in [2.24, 2.45) is 4.99 Å². The van der Waals surface area contributed by atoms with Crippen LogP contribution in [0.25, 0.3) is 0 Å². The monoisotopic (exact) mass is 129 g/mol. The molecule has 0 saturated heterocycles. The molecule has 0 aromatic heterocycles. The SMILES string of the molecule is CC=C/N=C(/C)SC. The van der Waals surface area contributed by atoms with E-state index in [2.05, 4.69) is 4.99 Å². The molecule has 0 amide bonds. The van der Waals surface area contributed by atoms with Crippen LogP contribution >= 0.6 is 11.8 Å². The third kappa shape index (κ3) is 3.93. The summed E-state index contributed by atoms with van der Waals surface area (Å²) in [7, 11) is 0. The highest BCUT2D eigenvalue weighted by Gasteiger charge is 1.77. The van der Waals surface area contributed by atoms with Crippen molar-refractivity contribution >= 4 is 16.8 Å². The zero-order valence-electron chi connectivity index (χ0n) is 5.51. The summed E-state index contributed by atoms with van der Waals surface area (Å²) in [5.41, 5.74) is 0. The summed E-state index contributed by atoms with van der Waals surface area (Å²) in [6.45, 7) is 3.95. The summed E-state index contributed by atoms with van der Waals surface area (Å²) in [5.74, 6) is 0. The van der Waals surface area contributed by atoms with E-state index in [4.69, 9.17) is 0 Å². The van der Waals surface area contributed by atoms with Crippen LogP contribution in [-0.2, 0) is 0 Å². The van der Waals surface area contributed by atoms with Gasteiger partial charge in [-0.15, -0.1) is 11.8 Å². The predicted molar refractivity (Wildman–Crippen MR) is 41.4 cm³/mol. The Morgan fingerprint density at radius 3 is 2.62 bits per heavy atom. The van der Waals surface area contributed by atoms with Gasteiger partial charge in [-0.1, -0.05) is 6.08 Å². The van der Waals surface area contributed by atoms with Gasteiger partial charge in [-0.2, -0.15) is 0 Å². The van der Waals surface area contributed by atoms with Crippen molar-refractivity contribution in [2.45, 2.75) is 13.8 Å². The van der Waals surface area contributed by atoms with E-state index >= 15 is 0 Å². The highest BCUT2D eigenvalue weighted by molar-refractivity contribution is 8.13. The number of nitrogens with zero attached hydrogens (tertiary/aromatic N) is 1. The van der Waals surface area contributed by atoms with Gasteiger partial charge in [-0.3, -0.25) is 4.99 Å². The molecule has 0 atom stereocenters. The predicted octanol–water partition coefficient (Wildman–Crippen LogP) is 2.30. The van der Waals surface area contributed by atoms with E-state index in [1.54, 1.807) is 18.0 Å². The Kier molecular flexibility index (Phi) is 4.76. The molecule has 1 nitrogen and oxygen atoms in total. The summed E-state index contributed by atoms with van der Waals surface area (Å²) >= 11 is 1.66. The van der Waals surface area contributed by atoms with Crippen LogP contribution in [0.1, 0.15) is 13.8 Å². The lowest BCUT2D eigenvalue weighted by molar-refractivity contribution is 1.53. The van der Waals surface area contributed by atoms with E-state index in [-0.39, 0.29) is 0 Å². The maximum Gasteiger partial charge on any atom is 0.0697 e. The number of hydrogen-bond acceptors (Lipinski definition) is 2. The Balaban J connectivity index is 3.57. The third-order valence-electron chi connectivity index (χ3n) is 0.701. The minimum Gasteiger partial charge on any atom is -0.255 e. The first kappa shape index (κ1) is 7.76. The van der Waals surface area contributed by atoms with Gasteiger partial charge in [0.1, 0.15) is 0 Å². The molecule has 0 aliphatic carbocycles. The van der Waals surface area contributed by atoms with Crippen molar-refractivity contribution in [3.63, 3.8) is 0 Å². The van der Waals surface area contributed by atoms with Gasteiger partial charge < -0.3 is 0 Å². The topological polar surface area (TPSA) is 12.4 Å².